The highest BCUT2D eigenvalue weighted by Gasteiger charge is 2.67. The number of aryl methyl sites for hydroxylation is 1. The summed E-state index contributed by atoms with van der Waals surface area (Å²) in [5, 5.41) is 2.78. The lowest BCUT2D eigenvalue weighted by Gasteiger charge is -2.27. The molecule has 6 nitrogen and oxygen atoms in total. The maximum Gasteiger partial charge on any atom is 0.230 e. The van der Waals surface area contributed by atoms with Gasteiger partial charge in [-0.1, -0.05) is 42.0 Å². The summed E-state index contributed by atoms with van der Waals surface area (Å²) >= 11 is 1.52. The van der Waals surface area contributed by atoms with E-state index >= 15 is 0 Å². The van der Waals surface area contributed by atoms with Crippen LogP contribution < -0.4 is 0 Å². The summed E-state index contributed by atoms with van der Waals surface area (Å²) < 4.78 is 6.23. The van der Waals surface area contributed by atoms with E-state index in [0.29, 0.717) is 19.6 Å². The van der Waals surface area contributed by atoms with Gasteiger partial charge in [-0.2, -0.15) is 0 Å². The SMILES string of the molecule is Cc1cccc(CN2C[C@]34C=C[C@H](O3)[C@H](C(=O)N(C)Cc3nccs3)[C@H]4C2=O)c1. The van der Waals surface area contributed by atoms with Crippen LogP contribution in [0, 0.1) is 18.8 Å². The molecule has 2 bridgehead atoms. The summed E-state index contributed by atoms with van der Waals surface area (Å²) in [6, 6.07) is 8.18. The number of fused-ring (bicyclic) bond motifs is 1. The number of carbonyl (C=O) groups excluding carboxylic acids is 2. The van der Waals surface area contributed by atoms with Crippen molar-refractivity contribution < 1.29 is 14.3 Å². The molecule has 3 aliphatic heterocycles. The van der Waals surface area contributed by atoms with Gasteiger partial charge in [-0.05, 0) is 12.5 Å². The molecule has 29 heavy (non-hydrogen) atoms. The molecule has 0 N–H and O–H groups in total. The smallest absolute Gasteiger partial charge is 0.230 e. The van der Waals surface area contributed by atoms with Gasteiger partial charge in [0.2, 0.25) is 11.8 Å². The molecule has 2 fully saturated rings. The lowest BCUT2D eigenvalue weighted by Crippen LogP contribution is -2.44. The van der Waals surface area contributed by atoms with Gasteiger partial charge >= 0.3 is 0 Å². The third kappa shape index (κ3) is 3.00. The number of hydrogen-bond acceptors (Lipinski definition) is 5. The van der Waals surface area contributed by atoms with Crippen molar-refractivity contribution in [3.8, 4) is 0 Å². The van der Waals surface area contributed by atoms with Crippen molar-refractivity contribution in [3.05, 3.63) is 64.1 Å². The quantitative estimate of drug-likeness (QED) is 0.712. The summed E-state index contributed by atoms with van der Waals surface area (Å²) in [5.41, 5.74) is 1.59. The summed E-state index contributed by atoms with van der Waals surface area (Å²) in [6.07, 6.45) is 5.37. The van der Waals surface area contributed by atoms with Gasteiger partial charge in [0.25, 0.3) is 0 Å². The fraction of sp³-hybridized carbons (Fsp3) is 0.409. The van der Waals surface area contributed by atoms with E-state index in [4.69, 9.17) is 4.74 Å². The summed E-state index contributed by atoms with van der Waals surface area (Å²) in [5.74, 6) is -0.958. The van der Waals surface area contributed by atoms with Crippen LogP contribution in [-0.4, -0.2) is 51.9 Å². The fourth-order valence-electron chi connectivity index (χ4n) is 4.89. The average Bonchev–Trinajstić information content (AvgIpc) is 3.45. The first-order chi connectivity index (χ1) is 14.0. The molecule has 5 rings (SSSR count). The minimum atomic E-state index is -0.673. The van der Waals surface area contributed by atoms with Crippen LogP contribution in [0.4, 0.5) is 0 Å². The molecular formula is C22H23N3O3S. The van der Waals surface area contributed by atoms with Crippen molar-refractivity contribution in [2.24, 2.45) is 11.8 Å². The van der Waals surface area contributed by atoms with E-state index in [-0.39, 0.29) is 17.9 Å². The minimum absolute atomic E-state index is 0.0133. The molecule has 2 aromatic rings. The van der Waals surface area contributed by atoms with Crippen molar-refractivity contribution in [2.75, 3.05) is 13.6 Å². The lowest BCUT2D eigenvalue weighted by molar-refractivity contribution is -0.142. The Morgan fingerprint density at radius 2 is 2.31 bits per heavy atom. The minimum Gasteiger partial charge on any atom is -0.360 e. The number of benzene rings is 1. The number of ether oxygens (including phenoxy) is 1. The van der Waals surface area contributed by atoms with E-state index in [2.05, 4.69) is 11.1 Å². The number of likely N-dealkylation sites (tertiary alicyclic amines) is 1. The van der Waals surface area contributed by atoms with Gasteiger partial charge in [0, 0.05) is 25.2 Å². The first-order valence-electron chi connectivity index (χ1n) is 9.82. The third-order valence-corrected chi connectivity index (χ3v) is 6.92. The third-order valence-electron chi connectivity index (χ3n) is 6.15. The number of hydrogen-bond donors (Lipinski definition) is 0. The number of rotatable bonds is 5. The molecule has 0 unspecified atom stereocenters. The number of amides is 2. The van der Waals surface area contributed by atoms with Crippen molar-refractivity contribution >= 4 is 23.2 Å². The molecule has 3 aliphatic rings. The second-order valence-electron chi connectivity index (χ2n) is 8.20. The van der Waals surface area contributed by atoms with Gasteiger partial charge in [0.15, 0.2) is 0 Å². The van der Waals surface area contributed by atoms with Crippen molar-refractivity contribution in [3.63, 3.8) is 0 Å². The van der Waals surface area contributed by atoms with Crippen LogP contribution in [-0.2, 0) is 27.4 Å². The van der Waals surface area contributed by atoms with Crippen LogP contribution in [0.1, 0.15) is 16.1 Å². The molecule has 0 radical (unpaired) electrons. The van der Waals surface area contributed by atoms with E-state index in [1.54, 1.807) is 18.1 Å². The largest absolute Gasteiger partial charge is 0.360 e. The summed E-state index contributed by atoms with van der Waals surface area (Å²) in [6.45, 7) is 3.53. The highest BCUT2D eigenvalue weighted by molar-refractivity contribution is 7.09. The van der Waals surface area contributed by atoms with Crippen LogP contribution in [0.25, 0.3) is 0 Å². The van der Waals surface area contributed by atoms with Gasteiger partial charge in [-0.3, -0.25) is 9.59 Å². The second-order valence-corrected chi connectivity index (χ2v) is 9.18. The molecule has 4 atom stereocenters. The molecule has 7 heteroatoms. The van der Waals surface area contributed by atoms with Gasteiger partial charge in [0.05, 0.1) is 31.0 Å². The zero-order valence-corrected chi connectivity index (χ0v) is 17.3. The summed E-state index contributed by atoms with van der Waals surface area (Å²) in [7, 11) is 1.77. The fourth-order valence-corrected chi connectivity index (χ4v) is 5.56. The Morgan fingerprint density at radius 3 is 3.07 bits per heavy atom. The first kappa shape index (κ1) is 18.5. The Hall–Kier alpha value is -2.51. The molecule has 150 valence electrons. The first-order valence-corrected chi connectivity index (χ1v) is 10.7. The average molecular weight is 410 g/mol. The molecule has 1 aromatic heterocycles. The number of thiazole rings is 1. The molecule has 0 aliphatic carbocycles. The van der Waals surface area contributed by atoms with Crippen LogP contribution in [0.5, 0.6) is 0 Å². The Labute approximate surface area is 173 Å². The van der Waals surface area contributed by atoms with Crippen LogP contribution in [0.2, 0.25) is 0 Å². The van der Waals surface area contributed by atoms with Crippen LogP contribution in [0.3, 0.4) is 0 Å². The standard InChI is InChI=1S/C22H23N3O3S/c1-14-4-3-5-15(10-14)11-25-13-22-7-6-16(28-22)18(19(22)21(25)27)20(26)24(2)12-17-23-8-9-29-17/h3-10,16,18-19H,11-13H2,1-2H3/t16-,18-,19-,22-/m0/s1. The highest BCUT2D eigenvalue weighted by Crippen LogP contribution is 2.52. The van der Waals surface area contributed by atoms with E-state index in [1.165, 1.54) is 16.9 Å². The molecular weight excluding hydrogens is 386 g/mol. The Bertz CT molecular complexity index is 989. The van der Waals surface area contributed by atoms with Crippen molar-refractivity contribution in [2.45, 2.75) is 31.7 Å². The van der Waals surface area contributed by atoms with E-state index in [1.807, 2.05) is 47.6 Å². The normalized spacial score (nSPS) is 29.5. The zero-order valence-electron chi connectivity index (χ0n) is 16.4. The topological polar surface area (TPSA) is 62.7 Å². The van der Waals surface area contributed by atoms with Crippen molar-refractivity contribution in [1.29, 1.82) is 0 Å². The molecule has 2 amide bonds. The van der Waals surface area contributed by atoms with Crippen LogP contribution >= 0.6 is 11.3 Å². The highest BCUT2D eigenvalue weighted by atomic mass is 32.1. The van der Waals surface area contributed by atoms with Gasteiger partial charge in [-0.25, -0.2) is 4.98 Å². The molecule has 0 saturated carbocycles. The van der Waals surface area contributed by atoms with E-state index in [0.717, 1.165) is 10.6 Å². The molecule has 2 saturated heterocycles. The van der Waals surface area contributed by atoms with E-state index < -0.39 is 17.4 Å². The number of carbonyl (C=O) groups is 2. The maximum atomic E-state index is 13.3. The van der Waals surface area contributed by atoms with Crippen molar-refractivity contribution in [1.82, 2.24) is 14.8 Å². The zero-order chi connectivity index (χ0) is 20.2. The number of aromatic nitrogens is 1. The van der Waals surface area contributed by atoms with Gasteiger partial charge < -0.3 is 14.5 Å². The molecule has 1 aromatic carbocycles. The molecule has 4 heterocycles. The summed E-state index contributed by atoms with van der Waals surface area (Å²) in [4.78, 5) is 34.4. The van der Waals surface area contributed by atoms with Gasteiger partial charge in [-0.15, -0.1) is 11.3 Å². The Morgan fingerprint density at radius 1 is 1.45 bits per heavy atom. The Kier molecular flexibility index (Phi) is 4.33. The second kappa shape index (κ2) is 6.78. The monoisotopic (exact) mass is 409 g/mol. The number of nitrogens with zero attached hydrogens (tertiary/aromatic N) is 3. The Balaban J connectivity index is 1.37. The predicted molar refractivity (Wildman–Crippen MR) is 109 cm³/mol. The van der Waals surface area contributed by atoms with Gasteiger partial charge in [0.1, 0.15) is 10.6 Å². The van der Waals surface area contributed by atoms with Crippen LogP contribution in [0.15, 0.2) is 48.0 Å². The lowest BCUT2D eigenvalue weighted by atomic mass is 9.76. The predicted octanol–water partition coefficient (Wildman–Crippen LogP) is 2.39. The molecule has 1 spiro atoms. The maximum absolute atomic E-state index is 13.3. The van der Waals surface area contributed by atoms with E-state index in [9.17, 15) is 9.59 Å².